The molecule has 2 aromatic heterocycles. The fraction of sp³-hybridized carbons (Fsp3) is 0.381. The van der Waals surface area contributed by atoms with Gasteiger partial charge in [0.1, 0.15) is 0 Å². The molecule has 4 rings (SSSR count). The third-order valence-electron chi connectivity index (χ3n) is 5.10. The molecule has 0 aliphatic carbocycles. The van der Waals surface area contributed by atoms with Gasteiger partial charge >= 0.3 is 0 Å². The van der Waals surface area contributed by atoms with Gasteiger partial charge < -0.3 is 10.2 Å². The minimum atomic E-state index is -0.0552. The average molecular weight is 363 g/mol. The molecule has 0 spiro atoms. The van der Waals surface area contributed by atoms with Crippen LogP contribution in [0.2, 0.25) is 0 Å². The summed E-state index contributed by atoms with van der Waals surface area (Å²) in [5.74, 6) is -0.0552. The van der Waals surface area contributed by atoms with Crippen LogP contribution in [0.1, 0.15) is 34.6 Å². The van der Waals surface area contributed by atoms with Gasteiger partial charge in [-0.3, -0.25) is 4.79 Å². The van der Waals surface area contributed by atoms with Crippen molar-refractivity contribution in [1.82, 2.24) is 25.0 Å². The number of carbonyl (C=O) groups is 1. The SMILES string of the molecule is Cc1cc(C(=O)NCCN2CCCC2)c2c(C)nn(-c3ccccc3)c2n1. The molecule has 0 unspecified atom stereocenters. The third-order valence-corrected chi connectivity index (χ3v) is 5.10. The van der Waals surface area contributed by atoms with E-state index in [-0.39, 0.29) is 5.91 Å². The summed E-state index contributed by atoms with van der Waals surface area (Å²) in [6.07, 6.45) is 2.52. The van der Waals surface area contributed by atoms with Gasteiger partial charge in [0.15, 0.2) is 5.65 Å². The first-order valence-electron chi connectivity index (χ1n) is 9.56. The van der Waals surface area contributed by atoms with Gasteiger partial charge in [0.2, 0.25) is 0 Å². The maximum atomic E-state index is 12.9. The lowest BCUT2D eigenvalue weighted by Gasteiger charge is -2.15. The van der Waals surface area contributed by atoms with E-state index in [0.29, 0.717) is 12.1 Å². The molecule has 0 atom stereocenters. The first kappa shape index (κ1) is 17.7. The van der Waals surface area contributed by atoms with E-state index in [9.17, 15) is 4.79 Å². The minimum Gasteiger partial charge on any atom is -0.351 e. The van der Waals surface area contributed by atoms with E-state index in [0.717, 1.165) is 47.7 Å². The van der Waals surface area contributed by atoms with E-state index in [1.807, 2.05) is 54.9 Å². The number of nitrogens with zero attached hydrogens (tertiary/aromatic N) is 4. The molecule has 1 aliphatic rings. The average Bonchev–Trinajstić information content (AvgIpc) is 3.30. The summed E-state index contributed by atoms with van der Waals surface area (Å²) in [4.78, 5) is 20.0. The maximum absolute atomic E-state index is 12.9. The molecule has 0 radical (unpaired) electrons. The molecule has 140 valence electrons. The van der Waals surface area contributed by atoms with Crippen molar-refractivity contribution in [1.29, 1.82) is 0 Å². The Morgan fingerprint density at radius 3 is 2.63 bits per heavy atom. The summed E-state index contributed by atoms with van der Waals surface area (Å²) >= 11 is 0. The van der Waals surface area contributed by atoms with Crippen LogP contribution in [0.4, 0.5) is 0 Å². The Hall–Kier alpha value is -2.73. The number of likely N-dealkylation sites (tertiary alicyclic amines) is 1. The van der Waals surface area contributed by atoms with Crippen LogP contribution in [-0.4, -0.2) is 51.8 Å². The summed E-state index contributed by atoms with van der Waals surface area (Å²) in [5.41, 5.74) is 3.94. The van der Waals surface area contributed by atoms with Crippen molar-refractivity contribution in [2.24, 2.45) is 0 Å². The zero-order valence-electron chi connectivity index (χ0n) is 15.9. The second-order valence-electron chi connectivity index (χ2n) is 7.15. The summed E-state index contributed by atoms with van der Waals surface area (Å²) in [5, 5.41) is 8.55. The highest BCUT2D eigenvalue weighted by Gasteiger charge is 2.19. The smallest absolute Gasteiger partial charge is 0.252 e. The number of amides is 1. The van der Waals surface area contributed by atoms with Crippen molar-refractivity contribution >= 4 is 16.9 Å². The number of benzene rings is 1. The van der Waals surface area contributed by atoms with Crippen LogP contribution < -0.4 is 5.32 Å². The Balaban J connectivity index is 1.64. The standard InChI is InChI=1S/C21H25N5O/c1-15-14-18(21(27)22-10-13-25-11-6-7-12-25)19-16(2)24-26(20(19)23-15)17-8-4-3-5-9-17/h3-5,8-9,14H,6-7,10-13H2,1-2H3,(H,22,27). The first-order valence-corrected chi connectivity index (χ1v) is 9.56. The summed E-state index contributed by atoms with van der Waals surface area (Å²) in [6, 6.07) is 11.8. The molecule has 1 amide bonds. The van der Waals surface area contributed by atoms with Gasteiger partial charge in [-0.15, -0.1) is 0 Å². The van der Waals surface area contributed by atoms with E-state index < -0.39 is 0 Å². The highest BCUT2D eigenvalue weighted by atomic mass is 16.1. The van der Waals surface area contributed by atoms with Crippen molar-refractivity contribution in [2.75, 3.05) is 26.2 Å². The van der Waals surface area contributed by atoms with Crippen molar-refractivity contribution in [3.63, 3.8) is 0 Å². The molecule has 3 heterocycles. The summed E-state index contributed by atoms with van der Waals surface area (Å²) in [7, 11) is 0. The molecule has 0 bridgehead atoms. The number of carbonyl (C=O) groups excluding carboxylic acids is 1. The van der Waals surface area contributed by atoms with Gasteiger partial charge in [-0.25, -0.2) is 9.67 Å². The molecule has 6 nitrogen and oxygen atoms in total. The van der Waals surface area contributed by atoms with Gasteiger partial charge in [-0.2, -0.15) is 5.10 Å². The van der Waals surface area contributed by atoms with E-state index in [1.165, 1.54) is 12.8 Å². The number of nitrogens with one attached hydrogen (secondary N) is 1. The highest BCUT2D eigenvalue weighted by molar-refractivity contribution is 6.06. The van der Waals surface area contributed by atoms with Crippen LogP contribution in [0.3, 0.4) is 0 Å². The second-order valence-corrected chi connectivity index (χ2v) is 7.15. The summed E-state index contributed by atoms with van der Waals surface area (Å²) < 4.78 is 1.82. The number of fused-ring (bicyclic) bond motifs is 1. The molecule has 3 aromatic rings. The lowest BCUT2D eigenvalue weighted by Crippen LogP contribution is -2.33. The number of rotatable bonds is 5. The number of hydrogen-bond acceptors (Lipinski definition) is 4. The van der Waals surface area contributed by atoms with Crippen molar-refractivity contribution in [3.8, 4) is 5.69 Å². The zero-order chi connectivity index (χ0) is 18.8. The van der Waals surface area contributed by atoms with Crippen LogP contribution >= 0.6 is 0 Å². The lowest BCUT2D eigenvalue weighted by atomic mass is 10.1. The van der Waals surface area contributed by atoms with Crippen LogP contribution in [0.5, 0.6) is 0 Å². The van der Waals surface area contributed by atoms with Crippen molar-refractivity contribution in [3.05, 3.63) is 53.3 Å². The normalized spacial score (nSPS) is 14.7. The second kappa shape index (κ2) is 7.48. The molecule has 27 heavy (non-hydrogen) atoms. The Bertz CT molecular complexity index is 958. The predicted octanol–water partition coefficient (Wildman–Crippen LogP) is 2.86. The number of para-hydroxylation sites is 1. The monoisotopic (exact) mass is 363 g/mol. The Morgan fingerprint density at radius 1 is 1.15 bits per heavy atom. The largest absolute Gasteiger partial charge is 0.351 e. The van der Waals surface area contributed by atoms with Crippen LogP contribution in [0, 0.1) is 13.8 Å². The molecular weight excluding hydrogens is 338 g/mol. The molecule has 1 fully saturated rings. The fourth-order valence-electron chi connectivity index (χ4n) is 3.77. The molecule has 1 N–H and O–H groups in total. The number of pyridine rings is 1. The van der Waals surface area contributed by atoms with E-state index in [1.54, 1.807) is 0 Å². The molecule has 0 saturated carbocycles. The number of hydrogen-bond donors (Lipinski definition) is 1. The Kier molecular flexibility index (Phi) is 4.90. The van der Waals surface area contributed by atoms with Crippen LogP contribution in [0.15, 0.2) is 36.4 Å². The van der Waals surface area contributed by atoms with Gasteiger partial charge in [-0.1, -0.05) is 18.2 Å². The van der Waals surface area contributed by atoms with Gasteiger partial charge in [0, 0.05) is 18.8 Å². The fourth-order valence-corrected chi connectivity index (χ4v) is 3.77. The highest BCUT2D eigenvalue weighted by Crippen LogP contribution is 2.24. The quantitative estimate of drug-likeness (QED) is 0.757. The van der Waals surface area contributed by atoms with Crippen molar-refractivity contribution in [2.45, 2.75) is 26.7 Å². The van der Waals surface area contributed by atoms with E-state index in [2.05, 4.69) is 20.3 Å². The molecule has 1 aromatic carbocycles. The van der Waals surface area contributed by atoms with Gasteiger partial charge in [0.25, 0.3) is 5.91 Å². The zero-order valence-corrected chi connectivity index (χ0v) is 15.9. The molecular formula is C21H25N5O. The number of aryl methyl sites for hydroxylation is 2. The summed E-state index contributed by atoms with van der Waals surface area (Å²) in [6.45, 7) is 7.68. The first-order chi connectivity index (χ1) is 13.1. The Morgan fingerprint density at radius 2 is 1.89 bits per heavy atom. The molecule has 1 saturated heterocycles. The van der Waals surface area contributed by atoms with Crippen LogP contribution in [0.25, 0.3) is 16.7 Å². The third kappa shape index (κ3) is 3.57. The number of aromatic nitrogens is 3. The van der Waals surface area contributed by atoms with Gasteiger partial charge in [-0.05, 0) is 58.0 Å². The minimum absolute atomic E-state index is 0.0552. The van der Waals surface area contributed by atoms with Crippen LogP contribution in [-0.2, 0) is 0 Å². The topological polar surface area (TPSA) is 63.1 Å². The maximum Gasteiger partial charge on any atom is 0.252 e. The van der Waals surface area contributed by atoms with E-state index >= 15 is 0 Å². The van der Waals surface area contributed by atoms with Crippen molar-refractivity contribution < 1.29 is 4.79 Å². The Labute approximate surface area is 159 Å². The molecule has 1 aliphatic heterocycles. The predicted molar refractivity (Wildman–Crippen MR) is 106 cm³/mol. The lowest BCUT2D eigenvalue weighted by molar-refractivity contribution is 0.0951. The van der Waals surface area contributed by atoms with Gasteiger partial charge in [0.05, 0.1) is 22.3 Å². The van der Waals surface area contributed by atoms with E-state index in [4.69, 9.17) is 0 Å². The molecule has 6 heteroatoms.